The third kappa shape index (κ3) is 5.91. The zero-order chi connectivity index (χ0) is 16.0. The van der Waals surface area contributed by atoms with Gasteiger partial charge in [-0.1, -0.05) is 26.0 Å². The summed E-state index contributed by atoms with van der Waals surface area (Å²) >= 11 is 0. The summed E-state index contributed by atoms with van der Waals surface area (Å²) in [5.74, 6) is -0.204. The van der Waals surface area contributed by atoms with Crippen LogP contribution in [0.25, 0.3) is 0 Å². The van der Waals surface area contributed by atoms with Gasteiger partial charge in [0.2, 0.25) is 0 Å². The van der Waals surface area contributed by atoms with Crippen LogP contribution in [-0.2, 0) is 6.54 Å². The Hall–Kier alpha value is -1.30. The number of benzene rings is 1. The summed E-state index contributed by atoms with van der Waals surface area (Å²) in [4.78, 5) is 1.03. The highest BCUT2D eigenvalue weighted by Gasteiger charge is 2.32. The molecular weight excluding hydrogens is 284 g/mol. The van der Waals surface area contributed by atoms with Crippen LogP contribution in [0, 0.1) is 11.7 Å². The molecule has 0 heterocycles. The average molecular weight is 306 g/mol. The molecule has 0 spiro atoms. The number of anilines is 1. The van der Waals surface area contributed by atoms with Crippen LogP contribution in [-0.4, -0.2) is 25.8 Å². The minimum absolute atomic E-state index is 0.0357. The molecule has 0 aliphatic rings. The average Bonchev–Trinajstić information content (AvgIpc) is 2.35. The minimum Gasteiger partial charge on any atom is -0.360 e. The summed E-state index contributed by atoms with van der Waals surface area (Å²) in [5.41, 5.74) is 0.579. The smallest absolute Gasteiger partial charge is 0.360 e. The van der Waals surface area contributed by atoms with Gasteiger partial charge < -0.3 is 10.2 Å². The second-order valence-electron chi connectivity index (χ2n) is 5.40. The van der Waals surface area contributed by atoms with Crippen molar-refractivity contribution >= 4 is 5.69 Å². The Balaban J connectivity index is 2.97. The molecule has 1 rings (SSSR count). The Labute approximate surface area is 123 Å². The number of para-hydroxylation sites is 1. The van der Waals surface area contributed by atoms with Crippen LogP contribution in [0.4, 0.5) is 23.2 Å². The number of hydrogen-bond donors (Lipinski definition) is 1. The Morgan fingerprint density at radius 2 is 1.90 bits per heavy atom. The normalized spacial score (nSPS) is 12.0. The van der Waals surface area contributed by atoms with Crippen LogP contribution in [0.1, 0.15) is 26.3 Å². The van der Waals surface area contributed by atoms with Gasteiger partial charge in [0.15, 0.2) is 0 Å². The fourth-order valence-electron chi connectivity index (χ4n) is 2.12. The van der Waals surface area contributed by atoms with Crippen LogP contribution in [0.5, 0.6) is 0 Å². The molecule has 0 aliphatic carbocycles. The molecule has 2 nitrogen and oxygen atoms in total. The standard InChI is InChI=1S/C15H22F4N2/c1-4-21(10-15(17,18)19)14-12(6-5-7-13(14)16)9-20-8-11(2)3/h5-7,11,20H,4,8-10H2,1-3H3. The van der Waals surface area contributed by atoms with Gasteiger partial charge in [-0.3, -0.25) is 0 Å². The number of rotatable bonds is 7. The number of nitrogens with zero attached hydrogens (tertiary/aromatic N) is 1. The summed E-state index contributed by atoms with van der Waals surface area (Å²) in [5, 5.41) is 3.14. The summed E-state index contributed by atoms with van der Waals surface area (Å²) in [6.45, 7) is 5.66. The minimum atomic E-state index is -4.36. The van der Waals surface area contributed by atoms with Crippen molar-refractivity contribution < 1.29 is 17.6 Å². The van der Waals surface area contributed by atoms with Gasteiger partial charge in [-0.15, -0.1) is 0 Å². The van der Waals surface area contributed by atoms with E-state index in [4.69, 9.17) is 0 Å². The second-order valence-corrected chi connectivity index (χ2v) is 5.40. The Bertz CT molecular complexity index is 444. The maximum atomic E-state index is 14.0. The monoisotopic (exact) mass is 306 g/mol. The third-order valence-corrected chi connectivity index (χ3v) is 3.01. The lowest BCUT2D eigenvalue weighted by atomic mass is 10.1. The molecule has 21 heavy (non-hydrogen) atoms. The zero-order valence-electron chi connectivity index (χ0n) is 12.6. The summed E-state index contributed by atoms with van der Waals surface area (Å²) in [6.07, 6.45) is -4.36. The number of hydrogen-bond acceptors (Lipinski definition) is 2. The zero-order valence-corrected chi connectivity index (χ0v) is 12.6. The first kappa shape index (κ1) is 17.8. The van der Waals surface area contributed by atoms with Gasteiger partial charge >= 0.3 is 6.18 Å². The molecule has 1 aromatic rings. The maximum absolute atomic E-state index is 14.0. The largest absolute Gasteiger partial charge is 0.405 e. The van der Waals surface area contributed by atoms with Gasteiger partial charge in [-0.2, -0.15) is 13.2 Å². The Morgan fingerprint density at radius 1 is 1.24 bits per heavy atom. The van der Waals surface area contributed by atoms with Gasteiger partial charge in [0.1, 0.15) is 12.4 Å². The van der Waals surface area contributed by atoms with Crippen molar-refractivity contribution in [2.45, 2.75) is 33.5 Å². The molecular formula is C15H22F4N2. The van der Waals surface area contributed by atoms with E-state index in [0.717, 1.165) is 11.4 Å². The van der Waals surface area contributed by atoms with Crippen molar-refractivity contribution in [1.29, 1.82) is 0 Å². The second kappa shape index (κ2) is 7.64. The first-order valence-electron chi connectivity index (χ1n) is 7.04. The highest BCUT2D eigenvalue weighted by molar-refractivity contribution is 5.55. The molecule has 0 amide bonds. The highest BCUT2D eigenvalue weighted by atomic mass is 19.4. The lowest BCUT2D eigenvalue weighted by Crippen LogP contribution is -2.35. The lowest BCUT2D eigenvalue weighted by Gasteiger charge is -2.27. The summed E-state index contributed by atoms with van der Waals surface area (Å²) < 4.78 is 51.9. The van der Waals surface area contributed by atoms with Gasteiger partial charge in [-0.25, -0.2) is 4.39 Å². The maximum Gasteiger partial charge on any atom is 0.405 e. The summed E-state index contributed by atoms with van der Waals surface area (Å²) in [6, 6.07) is 4.37. The van der Waals surface area contributed by atoms with Gasteiger partial charge in [0.05, 0.1) is 5.69 Å². The van der Waals surface area contributed by atoms with E-state index >= 15 is 0 Å². The van der Waals surface area contributed by atoms with Crippen LogP contribution >= 0.6 is 0 Å². The van der Waals surface area contributed by atoms with E-state index in [-0.39, 0.29) is 12.2 Å². The fourth-order valence-corrected chi connectivity index (χ4v) is 2.12. The highest BCUT2D eigenvalue weighted by Crippen LogP contribution is 2.28. The molecule has 1 aromatic carbocycles. The van der Waals surface area contributed by atoms with Crippen LogP contribution in [0.2, 0.25) is 0 Å². The number of alkyl halides is 3. The first-order valence-corrected chi connectivity index (χ1v) is 7.04. The molecule has 0 atom stereocenters. The van der Waals surface area contributed by atoms with Crippen molar-refractivity contribution in [2.75, 3.05) is 24.5 Å². The third-order valence-electron chi connectivity index (χ3n) is 3.01. The Morgan fingerprint density at radius 3 is 2.43 bits per heavy atom. The predicted molar refractivity (Wildman–Crippen MR) is 76.9 cm³/mol. The molecule has 0 aromatic heterocycles. The molecule has 0 fully saturated rings. The van der Waals surface area contributed by atoms with Crippen molar-refractivity contribution in [2.24, 2.45) is 5.92 Å². The van der Waals surface area contributed by atoms with Crippen molar-refractivity contribution in [3.8, 4) is 0 Å². The molecule has 0 bridgehead atoms. The van der Waals surface area contributed by atoms with Crippen LogP contribution in [0.3, 0.4) is 0 Å². The molecule has 120 valence electrons. The lowest BCUT2D eigenvalue weighted by molar-refractivity contribution is -0.119. The number of halogens is 4. The van der Waals surface area contributed by atoms with Gasteiger partial charge in [0.25, 0.3) is 0 Å². The van der Waals surface area contributed by atoms with E-state index in [1.165, 1.54) is 12.1 Å². The van der Waals surface area contributed by atoms with E-state index < -0.39 is 18.5 Å². The number of nitrogens with one attached hydrogen (secondary N) is 1. The van der Waals surface area contributed by atoms with Crippen molar-refractivity contribution in [3.63, 3.8) is 0 Å². The fraction of sp³-hybridized carbons (Fsp3) is 0.600. The van der Waals surface area contributed by atoms with E-state index in [9.17, 15) is 17.6 Å². The van der Waals surface area contributed by atoms with E-state index in [1.54, 1.807) is 13.0 Å². The van der Waals surface area contributed by atoms with E-state index in [0.29, 0.717) is 18.0 Å². The molecule has 0 unspecified atom stereocenters. The Kier molecular flexibility index (Phi) is 6.45. The van der Waals surface area contributed by atoms with Crippen LogP contribution in [0.15, 0.2) is 18.2 Å². The van der Waals surface area contributed by atoms with E-state index in [2.05, 4.69) is 5.32 Å². The van der Waals surface area contributed by atoms with Crippen LogP contribution < -0.4 is 10.2 Å². The quantitative estimate of drug-likeness (QED) is 0.767. The molecule has 0 saturated heterocycles. The molecule has 0 radical (unpaired) electrons. The molecule has 1 N–H and O–H groups in total. The summed E-state index contributed by atoms with van der Waals surface area (Å²) in [7, 11) is 0. The van der Waals surface area contributed by atoms with E-state index in [1.807, 2.05) is 13.8 Å². The van der Waals surface area contributed by atoms with Gasteiger partial charge in [-0.05, 0) is 31.0 Å². The van der Waals surface area contributed by atoms with Crippen molar-refractivity contribution in [1.82, 2.24) is 5.32 Å². The SMILES string of the molecule is CCN(CC(F)(F)F)c1c(F)cccc1CNCC(C)C. The topological polar surface area (TPSA) is 15.3 Å². The first-order chi connectivity index (χ1) is 9.74. The van der Waals surface area contributed by atoms with Crippen molar-refractivity contribution in [3.05, 3.63) is 29.6 Å². The van der Waals surface area contributed by atoms with Gasteiger partial charge in [0, 0.05) is 13.1 Å². The molecule has 0 saturated carbocycles. The molecule has 6 heteroatoms. The predicted octanol–water partition coefficient (Wildman–Crippen LogP) is 3.96. The molecule has 0 aliphatic heterocycles.